The monoisotopic (exact) mass is 1900 g/mol. The Labute approximate surface area is 792 Å². The van der Waals surface area contributed by atoms with Gasteiger partial charge in [0.25, 0.3) is 0 Å². The number of methoxy groups -OCH3 is 12. The van der Waals surface area contributed by atoms with Crippen LogP contribution < -0.4 is 27.0 Å². The van der Waals surface area contributed by atoms with Gasteiger partial charge in [-0.2, -0.15) is 0 Å². The lowest BCUT2D eigenvalue weighted by molar-refractivity contribution is -0.142. The highest BCUT2D eigenvalue weighted by Crippen LogP contribution is 2.05. The lowest BCUT2D eigenvalue weighted by atomic mass is 10.3. The fourth-order valence-electron chi connectivity index (χ4n) is 11.6. The minimum Gasteiger partial charge on any atom is -0.469 e. The summed E-state index contributed by atoms with van der Waals surface area (Å²) in [6.45, 7) is 34.8. The molecule has 0 radical (unpaired) electrons. The third kappa shape index (κ3) is 93.3. The van der Waals surface area contributed by atoms with Gasteiger partial charge in [-0.3, -0.25) is 57.5 Å². The lowest BCUT2D eigenvalue weighted by Gasteiger charge is -2.28. The van der Waals surface area contributed by atoms with E-state index in [9.17, 15) is 57.5 Å². The molecule has 0 heterocycles. The number of nitrogens with zero attached hydrogens (tertiary/aromatic N) is 14. The first kappa shape index (κ1) is 133. The van der Waals surface area contributed by atoms with E-state index in [1.54, 1.807) is 0 Å². The van der Waals surface area contributed by atoms with Gasteiger partial charge in [0.05, 0.1) is 162 Å². The number of carbonyl (C=O) groups excluding carboxylic acids is 12. The molecule has 132 heavy (non-hydrogen) atoms. The van der Waals surface area contributed by atoms with Crippen molar-refractivity contribution in [3.63, 3.8) is 0 Å². The Morgan fingerprint density at radius 1 is 0.174 bits per heavy atom. The van der Waals surface area contributed by atoms with Crippen LogP contribution >= 0.6 is 0 Å². The molecule has 43 nitrogen and oxygen atoms in total. The van der Waals surface area contributed by atoms with Crippen molar-refractivity contribution in [1.29, 1.82) is 0 Å². The molecule has 0 saturated heterocycles. The molecular formula is C89H183N19O24. The Balaban J connectivity index is -0.000000518. The molecule has 0 aromatic heterocycles. The third-order valence-corrected chi connectivity index (χ3v) is 21.1. The molecule has 0 atom stereocenters. The summed E-state index contributed by atoms with van der Waals surface area (Å²) >= 11 is 0. The summed E-state index contributed by atoms with van der Waals surface area (Å²) in [6, 6.07) is 0. The van der Waals surface area contributed by atoms with Crippen LogP contribution in [0.5, 0.6) is 0 Å². The topological polar surface area (TPSA) is 435 Å². The molecule has 43 heteroatoms. The average Bonchev–Trinajstić information content (AvgIpc) is 0.963. The first-order valence-electron chi connectivity index (χ1n) is 46.1. The van der Waals surface area contributed by atoms with Crippen molar-refractivity contribution < 1.29 is 114 Å². The summed E-state index contributed by atoms with van der Waals surface area (Å²) in [5, 5.41) is 12.9. The number of hydrogen-bond donors (Lipinski definition) is 5. The number of esters is 12. The van der Waals surface area contributed by atoms with Crippen LogP contribution in [0.3, 0.4) is 0 Å². The first-order valence-corrected chi connectivity index (χ1v) is 46.1. The molecule has 0 saturated carbocycles. The van der Waals surface area contributed by atoms with Crippen LogP contribution in [-0.4, -0.2) is 564 Å². The zero-order valence-electron chi connectivity index (χ0n) is 85.8. The Kier molecular flexibility index (Phi) is 95.2. The molecule has 0 rings (SSSR count). The van der Waals surface area contributed by atoms with Gasteiger partial charge in [-0.25, -0.2) is 0 Å². The summed E-state index contributed by atoms with van der Waals surface area (Å²) in [5.74, 6) is -2.83. The molecular weight excluding hydrogens is 1720 g/mol. The molecule has 0 aliphatic carbocycles. The molecule has 0 fully saturated rings. The first-order chi connectivity index (χ1) is 63.0. The number of carbonyl (C=O) groups is 12. The van der Waals surface area contributed by atoms with Crippen LogP contribution in [0.15, 0.2) is 0 Å². The fraction of sp³-hybridized carbons (Fsp3) is 0.865. The second-order valence-electron chi connectivity index (χ2n) is 32.1. The van der Waals surface area contributed by atoms with Crippen molar-refractivity contribution in [2.45, 2.75) is 90.4 Å². The second kappa shape index (κ2) is 94.2. The van der Waals surface area contributed by atoms with Crippen molar-refractivity contribution in [3.8, 4) is 0 Å². The van der Waals surface area contributed by atoms with Crippen molar-refractivity contribution in [3.05, 3.63) is 0 Å². The summed E-state index contributed by atoms with van der Waals surface area (Å²) in [5.41, 5.74) is 5.54. The molecule has 0 amide bonds. The summed E-state index contributed by atoms with van der Waals surface area (Å²) in [4.78, 5) is 166. The highest BCUT2D eigenvalue weighted by atomic mass is 16.6. The predicted octanol–water partition coefficient (Wildman–Crippen LogP) is -2.06. The number of likely N-dealkylation sites (N-methyl/N-ethyl adjacent to an activating group) is 10. The smallest absolute Gasteiger partial charge is 0.306 e. The highest BCUT2D eigenvalue weighted by molar-refractivity contribution is 5.73. The van der Waals surface area contributed by atoms with Gasteiger partial charge in [-0.1, -0.05) is 6.92 Å². The van der Waals surface area contributed by atoms with E-state index in [-0.39, 0.29) is 97.3 Å². The normalized spacial score (nSPS) is 11.2. The Bertz CT molecular complexity index is 2720. The lowest BCUT2D eigenvalue weighted by Crippen LogP contribution is -2.40. The van der Waals surface area contributed by atoms with Crippen molar-refractivity contribution in [2.24, 2.45) is 5.73 Å². The van der Waals surface area contributed by atoms with Gasteiger partial charge >= 0.3 is 71.6 Å². The quantitative estimate of drug-likeness (QED) is 0.0248. The third-order valence-electron chi connectivity index (χ3n) is 21.1. The second-order valence-corrected chi connectivity index (χ2v) is 32.1. The molecule has 0 spiro atoms. The number of nitrogens with two attached hydrogens (primary N) is 1. The van der Waals surface area contributed by atoms with Gasteiger partial charge in [0.15, 0.2) is 0 Å². The Morgan fingerprint density at radius 3 is 0.447 bits per heavy atom. The van der Waals surface area contributed by atoms with Gasteiger partial charge in [0, 0.05) is 262 Å². The van der Waals surface area contributed by atoms with E-state index in [0.29, 0.717) is 150 Å². The molecule has 0 unspecified atom stereocenters. The molecule has 0 aliphatic rings. The maximum atomic E-state index is 11.5. The van der Waals surface area contributed by atoms with Gasteiger partial charge in [-0.05, 0) is 83.4 Å². The van der Waals surface area contributed by atoms with Gasteiger partial charge < -0.3 is 152 Å². The minimum atomic E-state index is -0.278. The van der Waals surface area contributed by atoms with Crippen LogP contribution in [0.25, 0.3) is 0 Å². The number of rotatable bonds is 79. The van der Waals surface area contributed by atoms with Crippen LogP contribution in [-0.2, 0) is 114 Å². The van der Waals surface area contributed by atoms with Gasteiger partial charge in [0.2, 0.25) is 0 Å². The Hall–Kier alpha value is -7.12. The maximum absolute atomic E-state index is 11.5. The van der Waals surface area contributed by atoms with Crippen LogP contribution in [0.2, 0.25) is 0 Å². The molecule has 0 bridgehead atoms. The van der Waals surface area contributed by atoms with E-state index in [2.05, 4.69) is 182 Å². The van der Waals surface area contributed by atoms with E-state index in [0.717, 1.165) is 170 Å². The van der Waals surface area contributed by atoms with Gasteiger partial charge in [-0.15, -0.1) is 0 Å². The van der Waals surface area contributed by atoms with Crippen molar-refractivity contribution in [1.82, 2.24) is 89.9 Å². The van der Waals surface area contributed by atoms with E-state index in [1.807, 2.05) is 14.1 Å². The molecule has 0 aromatic carbocycles. The summed E-state index contributed by atoms with van der Waals surface area (Å²) < 4.78 is 56.0. The van der Waals surface area contributed by atoms with E-state index >= 15 is 0 Å². The van der Waals surface area contributed by atoms with Crippen LogP contribution in [0.4, 0.5) is 0 Å². The number of ether oxygens (including phenoxy) is 12. The summed E-state index contributed by atoms with van der Waals surface area (Å²) in [7, 11) is 37.4. The predicted molar refractivity (Wildman–Crippen MR) is 511 cm³/mol. The van der Waals surface area contributed by atoms with Crippen LogP contribution in [0.1, 0.15) is 90.4 Å². The summed E-state index contributed by atoms with van der Waals surface area (Å²) in [6.07, 6.45) is 5.16. The van der Waals surface area contributed by atoms with Crippen molar-refractivity contribution in [2.75, 3.05) is 424 Å². The standard InChI is InChI=1S/C24H46N4O8.C20H40N4O6.2C16H34N4O4.C13H29N3O2/c1-25(17-19-27(11-7-21(29)33-3)12-8-22(30)34-4)15-16-26(2)18-20-28(13-9-23(31)35-5)14-10-24(32)36-6;1-22(13-10-21-9-6-18(25)28-3)14-15-23(2)16-17-24(11-7-19(26)29-4)12-8-20(27)30-5;1-18(10-7-17)11-12-19(2)13-14-20(8-5-15(21)23-3)9-6-16(22)24-4;1-19(11-9-17-7-5-15(21)23-3)13-14-20(2)12-10-18-8-6-16(22)24-4;1-5-9-15(2)11-12-16(3)10-8-14-7-6-13(17)18-4/h7-20H2,1-6H3;21H,6-17H2,1-5H3;5-14,17H2,1-4H3;17-18H,5-14H2,1-4H3;14H,5-12H2,1-4H3. The van der Waals surface area contributed by atoms with E-state index < -0.39 is 0 Å². The van der Waals surface area contributed by atoms with Crippen molar-refractivity contribution >= 4 is 71.6 Å². The van der Waals surface area contributed by atoms with E-state index in [4.69, 9.17) is 34.2 Å². The fourth-order valence-corrected chi connectivity index (χ4v) is 11.6. The zero-order chi connectivity index (χ0) is 101. The number of hydrogen-bond acceptors (Lipinski definition) is 43. The highest BCUT2D eigenvalue weighted by Gasteiger charge is 2.19. The average molecular weight is 1900 g/mol. The molecule has 6 N–H and O–H groups in total. The largest absolute Gasteiger partial charge is 0.469 e. The minimum absolute atomic E-state index is 0.156. The van der Waals surface area contributed by atoms with E-state index in [1.165, 1.54) is 91.7 Å². The Morgan fingerprint density at radius 2 is 0.303 bits per heavy atom. The molecule has 0 aromatic rings. The van der Waals surface area contributed by atoms with Gasteiger partial charge in [0.1, 0.15) is 0 Å². The molecule has 778 valence electrons. The maximum Gasteiger partial charge on any atom is 0.306 e. The zero-order valence-corrected chi connectivity index (χ0v) is 85.8. The van der Waals surface area contributed by atoms with Crippen LogP contribution in [0, 0.1) is 0 Å². The number of nitrogens with one attached hydrogen (secondary N) is 4. The SMILES string of the molecule is CCCN(C)CCN(C)CCNCCC(=O)OC.COC(=O)CCN(CCC(=O)OC)CCN(C)CCN(C)CCN.COC(=O)CCN(CCC(=O)OC)CCN(C)CCN(C)CCN(CCC(=O)OC)CCC(=O)OC.COC(=O)CCNCCN(C)CCN(C)CCN(CCC(=O)OC)CCC(=O)OC.COC(=O)CCNCCN(C)CCN(C)CCNCCC(=O)OC. The molecule has 0 aliphatic heterocycles.